The number of hydrogen-bond donors (Lipinski definition) is 2. The molecule has 104 valence electrons. The molecule has 0 saturated heterocycles. The summed E-state index contributed by atoms with van der Waals surface area (Å²) in [5.74, 6) is 0. The van der Waals surface area contributed by atoms with E-state index in [9.17, 15) is 5.11 Å². The van der Waals surface area contributed by atoms with Gasteiger partial charge in [-0.25, -0.2) is 0 Å². The second kappa shape index (κ2) is 5.68. The normalized spacial score (nSPS) is 21.9. The van der Waals surface area contributed by atoms with Crippen molar-refractivity contribution in [2.24, 2.45) is 0 Å². The summed E-state index contributed by atoms with van der Waals surface area (Å²) in [5.41, 5.74) is 3.33. The predicted molar refractivity (Wildman–Crippen MR) is 82.8 cm³/mol. The Morgan fingerprint density at radius 2 is 1.70 bits per heavy atom. The second-order valence-corrected chi connectivity index (χ2v) is 5.60. The maximum absolute atomic E-state index is 10.1. The van der Waals surface area contributed by atoms with Crippen LogP contribution in [0.25, 0.3) is 0 Å². The van der Waals surface area contributed by atoms with Crippen molar-refractivity contribution in [3.05, 3.63) is 65.7 Å². The quantitative estimate of drug-likeness (QED) is 0.831. The minimum Gasteiger partial charge on any atom is -0.394 e. The summed E-state index contributed by atoms with van der Waals surface area (Å²) in [4.78, 5) is 0. The Morgan fingerprint density at radius 3 is 2.50 bits per heavy atom. The van der Waals surface area contributed by atoms with Gasteiger partial charge in [-0.1, -0.05) is 48.9 Å². The molecule has 2 heteroatoms. The van der Waals surface area contributed by atoms with E-state index in [1.54, 1.807) is 0 Å². The van der Waals surface area contributed by atoms with Crippen LogP contribution in [0.4, 0.5) is 5.69 Å². The van der Waals surface area contributed by atoms with Crippen molar-refractivity contribution in [1.82, 2.24) is 0 Å². The van der Waals surface area contributed by atoms with E-state index >= 15 is 0 Å². The number of aliphatic hydroxyl groups is 1. The fourth-order valence-electron chi connectivity index (χ4n) is 3.21. The number of para-hydroxylation sites is 1. The fraction of sp³-hybridized carbons (Fsp3) is 0.333. The van der Waals surface area contributed by atoms with Crippen LogP contribution in [0.3, 0.4) is 0 Å². The van der Waals surface area contributed by atoms with E-state index in [2.05, 4.69) is 41.7 Å². The molecule has 0 spiro atoms. The molecule has 0 aliphatic heterocycles. The molecule has 1 aliphatic rings. The number of fused-ring (bicyclic) bond motifs is 1. The third-order valence-electron chi connectivity index (χ3n) is 4.26. The average molecular weight is 267 g/mol. The van der Waals surface area contributed by atoms with Crippen LogP contribution in [-0.2, 0) is 12.0 Å². The van der Waals surface area contributed by atoms with Gasteiger partial charge in [-0.3, -0.25) is 0 Å². The largest absolute Gasteiger partial charge is 0.394 e. The number of benzene rings is 2. The smallest absolute Gasteiger partial charge is 0.0859 e. The lowest BCUT2D eigenvalue weighted by Crippen LogP contribution is -2.39. The molecular weight excluding hydrogens is 246 g/mol. The van der Waals surface area contributed by atoms with Gasteiger partial charge in [0.25, 0.3) is 0 Å². The Bertz CT molecular complexity index is 567. The van der Waals surface area contributed by atoms with E-state index in [0.29, 0.717) is 0 Å². The minimum absolute atomic E-state index is 0.124. The van der Waals surface area contributed by atoms with Gasteiger partial charge < -0.3 is 10.4 Å². The summed E-state index contributed by atoms with van der Waals surface area (Å²) >= 11 is 0. The Kier molecular flexibility index (Phi) is 3.75. The van der Waals surface area contributed by atoms with Crippen molar-refractivity contribution in [3.8, 4) is 0 Å². The van der Waals surface area contributed by atoms with Gasteiger partial charge in [-0.15, -0.1) is 0 Å². The molecule has 2 aromatic carbocycles. The van der Waals surface area contributed by atoms with E-state index in [1.807, 2.05) is 18.2 Å². The molecule has 1 atom stereocenters. The van der Waals surface area contributed by atoms with E-state index < -0.39 is 0 Å². The molecule has 1 unspecified atom stereocenters. The standard InChI is InChI=1S/C18H21NO/c20-14-18(19-16-10-2-1-3-11-16)13-7-6-9-15-8-4-5-12-17(15)18/h1-5,8,10-12,19-20H,6-7,9,13-14H2. The van der Waals surface area contributed by atoms with E-state index in [0.717, 1.165) is 24.9 Å². The first kappa shape index (κ1) is 13.2. The molecule has 1 aliphatic carbocycles. The van der Waals surface area contributed by atoms with Gasteiger partial charge >= 0.3 is 0 Å². The monoisotopic (exact) mass is 267 g/mol. The number of rotatable bonds is 3. The molecule has 20 heavy (non-hydrogen) atoms. The zero-order valence-electron chi connectivity index (χ0n) is 11.7. The van der Waals surface area contributed by atoms with Gasteiger partial charge in [0, 0.05) is 5.69 Å². The molecular formula is C18H21NO. The Balaban J connectivity index is 2.03. The average Bonchev–Trinajstić information content (AvgIpc) is 2.69. The maximum Gasteiger partial charge on any atom is 0.0859 e. The highest BCUT2D eigenvalue weighted by molar-refractivity contribution is 5.50. The van der Waals surface area contributed by atoms with Crippen molar-refractivity contribution in [3.63, 3.8) is 0 Å². The van der Waals surface area contributed by atoms with Crippen molar-refractivity contribution in [2.75, 3.05) is 11.9 Å². The van der Waals surface area contributed by atoms with Crippen LogP contribution in [0.15, 0.2) is 54.6 Å². The summed E-state index contributed by atoms with van der Waals surface area (Å²) in [5, 5.41) is 13.7. The van der Waals surface area contributed by atoms with Crippen molar-refractivity contribution in [1.29, 1.82) is 0 Å². The van der Waals surface area contributed by atoms with Gasteiger partial charge in [-0.05, 0) is 42.5 Å². The zero-order valence-corrected chi connectivity index (χ0v) is 11.7. The van der Waals surface area contributed by atoms with E-state index in [-0.39, 0.29) is 12.1 Å². The van der Waals surface area contributed by atoms with Crippen molar-refractivity contribution >= 4 is 5.69 Å². The second-order valence-electron chi connectivity index (χ2n) is 5.60. The van der Waals surface area contributed by atoms with Crippen LogP contribution in [-0.4, -0.2) is 11.7 Å². The first-order chi connectivity index (χ1) is 9.84. The molecule has 2 aromatic rings. The summed E-state index contributed by atoms with van der Waals surface area (Å²) in [6.07, 6.45) is 4.40. The molecule has 0 saturated carbocycles. The maximum atomic E-state index is 10.1. The molecule has 0 heterocycles. The van der Waals surface area contributed by atoms with Gasteiger partial charge in [-0.2, -0.15) is 0 Å². The minimum atomic E-state index is -0.353. The number of hydrogen-bond acceptors (Lipinski definition) is 2. The highest BCUT2D eigenvalue weighted by Gasteiger charge is 2.34. The Labute approximate surface area is 120 Å². The first-order valence-corrected chi connectivity index (χ1v) is 7.36. The summed E-state index contributed by atoms with van der Waals surface area (Å²) in [7, 11) is 0. The lowest BCUT2D eigenvalue weighted by atomic mass is 9.84. The zero-order chi connectivity index (χ0) is 13.8. The van der Waals surface area contributed by atoms with Crippen LogP contribution in [0.5, 0.6) is 0 Å². The lowest BCUT2D eigenvalue weighted by Gasteiger charge is -2.35. The molecule has 0 radical (unpaired) electrons. The topological polar surface area (TPSA) is 32.3 Å². The van der Waals surface area contributed by atoms with Crippen molar-refractivity contribution < 1.29 is 5.11 Å². The van der Waals surface area contributed by atoms with Gasteiger partial charge in [0.1, 0.15) is 0 Å². The van der Waals surface area contributed by atoms with E-state index in [1.165, 1.54) is 17.5 Å². The number of aryl methyl sites for hydroxylation is 1. The third-order valence-corrected chi connectivity index (χ3v) is 4.26. The SMILES string of the molecule is OCC1(Nc2ccccc2)CCCCc2ccccc21. The highest BCUT2D eigenvalue weighted by atomic mass is 16.3. The van der Waals surface area contributed by atoms with Crippen molar-refractivity contribution in [2.45, 2.75) is 31.2 Å². The van der Waals surface area contributed by atoms with Gasteiger partial charge in [0.15, 0.2) is 0 Å². The molecule has 0 aromatic heterocycles. The molecule has 0 bridgehead atoms. The van der Waals surface area contributed by atoms with Gasteiger partial charge in [0.2, 0.25) is 0 Å². The number of aliphatic hydroxyl groups excluding tert-OH is 1. The fourth-order valence-corrected chi connectivity index (χ4v) is 3.21. The molecule has 2 N–H and O–H groups in total. The summed E-state index contributed by atoms with van der Waals surface area (Å²) in [6.45, 7) is 0.124. The van der Waals surface area contributed by atoms with Crippen LogP contribution in [0, 0.1) is 0 Å². The van der Waals surface area contributed by atoms with Crippen LogP contribution in [0.2, 0.25) is 0 Å². The van der Waals surface area contributed by atoms with E-state index in [4.69, 9.17) is 0 Å². The lowest BCUT2D eigenvalue weighted by molar-refractivity contribution is 0.202. The molecule has 3 rings (SSSR count). The van der Waals surface area contributed by atoms with Gasteiger partial charge in [0.05, 0.1) is 12.1 Å². The number of nitrogens with one attached hydrogen (secondary N) is 1. The summed E-state index contributed by atoms with van der Waals surface area (Å²) in [6, 6.07) is 18.7. The molecule has 0 amide bonds. The van der Waals surface area contributed by atoms with Crippen LogP contribution < -0.4 is 5.32 Å². The predicted octanol–water partition coefficient (Wildman–Crippen LogP) is 3.71. The molecule has 2 nitrogen and oxygen atoms in total. The Hall–Kier alpha value is -1.80. The molecule has 0 fully saturated rings. The highest BCUT2D eigenvalue weighted by Crippen LogP contribution is 2.36. The van der Waals surface area contributed by atoms with Crippen LogP contribution in [0.1, 0.15) is 30.4 Å². The third kappa shape index (κ3) is 2.44. The van der Waals surface area contributed by atoms with Crippen LogP contribution >= 0.6 is 0 Å². The number of anilines is 1. The Morgan fingerprint density at radius 1 is 0.950 bits per heavy atom. The first-order valence-electron chi connectivity index (χ1n) is 7.36. The summed E-state index contributed by atoms with van der Waals surface area (Å²) < 4.78 is 0.